The minimum Gasteiger partial charge on any atom is -0.473 e. The SMILES string of the molecule is O=C(NCc1nnnn1-c1ccccc1)c1ccnc(O[C@H]2CCSC2)c1. The standard InChI is InChI=1S/C18H18N6O2S/c25-18(13-6-8-19-17(10-13)26-15-7-9-27-12-15)20-11-16-21-22-23-24(16)14-4-2-1-3-5-14/h1-6,8,10,15H,7,9,11-12H2,(H,20,25)/t15-/m0/s1. The molecule has 2 aromatic heterocycles. The molecule has 0 bridgehead atoms. The molecule has 9 heteroatoms. The number of pyridine rings is 1. The number of hydrogen-bond acceptors (Lipinski definition) is 7. The van der Waals surface area contributed by atoms with Crippen LogP contribution in [0.2, 0.25) is 0 Å². The van der Waals surface area contributed by atoms with E-state index in [1.54, 1.807) is 23.0 Å². The molecular formula is C18H18N6O2S. The lowest BCUT2D eigenvalue weighted by atomic mass is 10.2. The van der Waals surface area contributed by atoms with Crippen LogP contribution in [0.4, 0.5) is 0 Å². The molecule has 0 radical (unpaired) electrons. The normalized spacial score (nSPS) is 16.2. The van der Waals surface area contributed by atoms with E-state index >= 15 is 0 Å². The Bertz CT molecular complexity index is 911. The second kappa shape index (κ2) is 8.17. The third kappa shape index (κ3) is 4.25. The molecule has 8 nitrogen and oxygen atoms in total. The summed E-state index contributed by atoms with van der Waals surface area (Å²) in [6.07, 6.45) is 2.75. The molecule has 1 saturated heterocycles. The van der Waals surface area contributed by atoms with Crippen molar-refractivity contribution >= 4 is 17.7 Å². The Morgan fingerprint density at radius 3 is 3.00 bits per heavy atom. The molecule has 1 aliphatic heterocycles. The molecule has 1 atom stereocenters. The molecule has 3 heterocycles. The number of carbonyl (C=O) groups excluding carboxylic acids is 1. The lowest BCUT2D eigenvalue weighted by molar-refractivity contribution is 0.0948. The van der Waals surface area contributed by atoms with Gasteiger partial charge in [-0.05, 0) is 40.8 Å². The third-order valence-electron chi connectivity index (χ3n) is 4.11. The molecular weight excluding hydrogens is 364 g/mol. The van der Waals surface area contributed by atoms with E-state index in [-0.39, 0.29) is 18.6 Å². The van der Waals surface area contributed by atoms with Gasteiger partial charge >= 0.3 is 0 Å². The molecule has 3 aromatic rings. The maximum absolute atomic E-state index is 12.5. The third-order valence-corrected chi connectivity index (χ3v) is 5.25. The first-order valence-electron chi connectivity index (χ1n) is 8.61. The van der Waals surface area contributed by atoms with Crippen molar-refractivity contribution in [3.8, 4) is 11.6 Å². The molecule has 0 saturated carbocycles. The number of thioether (sulfide) groups is 1. The van der Waals surface area contributed by atoms with Crippen LogP contribution in [0.25, 0.3) is 5.69 Å². The molecule has 4 rings (SSSR count). The zero-order valence-electron chi connectivity index (χ0n) is 14.5. The first-order valence-corrected chi connectivity index (χ1v) is 9.76. The summed E-state index contributed by atoms with van der Waals surface area (Å²) in [6.45, 7) is 0.207. The second-order valence-corrected chi connectivity index (χ2v) is 7.16. The Balaban J connectivity index is 1.41. The highest BCUT2D eigenvalue weighted by molar-refractivity contribution is 7.99. The number of aromatic nitrogens is 5. The number of hydrogen-bond donors (Lipinski definition) is 1. The van der Waals surface area contributed by atoms with Gasteiger partial charge in [0.15, 0.2) is 5.82 Å². The van der Waals surface area contributed by atoms with Crippen LogP contribution in [0.1, 0.15) is 22.6 Å². The molecule has 0 aliphatic carbocycles. The van der Waals surface area contributed by atoms with Crippen molar-refractivity contribution in [2.45, 2.75) is 19.1 Å². The molecule has 1 aromatic carbocycles. The number of rotatable bonds is 6. The van der Waals surface area contributed by atoms with E-state index in [0.29, 0.717) is 17.3 Å². The summed E-state index contributed by atoms with van der Waals surface area (Å²) in [5.74, 6) is 2.85. The number of tetrazole rings is 1. The monoisotopic (exact) mass is 382 g/mol. The van der Waals surface area contributed by atoms with E-state index in [0.717, 1.165) is 23.6 Å². The van der Waals surface area contributed by atoms with E-state index < -0.39 is 0 Å². The van der Waals surface area contributed by atoms with Crippen LogP contribution in [-0.4, -0.2) is 48.7 Å². The first kappa shape index (κ1) is 17.5. The van der Waals surface area contributed by atoms with Gasteiger partial charge in [0.2, 0.25) is 5.88 Å². The zero-order chi connectivity index (χ0) is 18.5. The van der Waals surface area contributed by atoms with Gasteiger partial charge in [0.05, 0.1) is 12.2 Å². The van der Waals surface area contributed by atoms with E-state index in [9.17, 15) is 4.79 Å². The topological polar surface area (TPSA) is 94.8 Å². The number of nitrogens with one attached hydrogen (secondary N) is 1. The summed E-state index contributed by atoms with van der Waals surface area (Å²) >= 11 is 1.86. The number of ether oxygens (including phenoxy) is 1. The van der Waals surface area contributed by atoms with Gasteiger partial charge in [-0.15, -0.1) is 5.10 Å². The van der Waals surface area contributed by atoms with Gasteiger partial charge in [-0.25, -0.2) is 4.98 Å². The van der Waals surface area contributed by atoms with Gasteiger partial charge in [-0.3, -0.25) is 4.79 Å². The Morgan fingerprint density at radius 1 is 1.30 bits per heavy atom. The van der Waals surface area contributed by atoms with Crippen LogP contribution >= 0.6 is 11.8 Å². The van der Waals surface area contributed by atoms with E-state index in [2.05, 4.69) is 25.8 Å². The lowest BCUT2D eigenvalue weighted by Crippen LogP contribution is -2.25. The van der Waals surface area contributed by atoms with Crippen molar-refractivity contribution in [1.29, 1.82) is 0 Å². The maximum atomic E-state index is 12.5. The van der Waals surface area contributed by atoms with Crippen LogP contribution in [0.5, 0.6) is 5.88 Å². The van der Waals surface area contributed by atoms with Crippen LogP contribution in [0, 0.1) is 0 Å². The highest BCUT2D eigenvalue weighted by atomic mass is 32.2. The Hall–Kier alpha value is -2.94. The van der Waals surface area contributed by atoms with Crippen molar-refractivity contribution in [1.82, 2.24) is 30.5 Å². The quantitative estimate of drug-likeness (QED) is 0.695. The average Bonchev–Trinajstić information content (AvgIpc) is 3.39. The fourth-order valence-corrected chi connectivity index (χ4v) is 3.83. The highest BCUT2D eigenvalue weighted by Gasteiger charge is 2.18. The minimum atomic E-state index is -0.231. The summed E-state index contributed by atoms with van der Waals surface area (Å²) in [5.41, 5.74) is 1.32. The predicted molar refractivity (Wildman–Crippen MR) is 101 cm³/mol. The van der Waals surface area contributed by atoms with Gasteiger partial charge in [0, 0.05) is 23.6 Å². The zero-order valence-corrected chi connectivity index (χ0v) is 15.3. The Morgan fingerprint density at radius 2 is 2.19 bits per heavy atom. The number of carbonyl (C=O) groups is 1. The van der Waals surface area contributed by atoms with Gasteiger partial charge in [0.1, 0.15) is 6.10 Å². The predicted octanol–water partition coefficient (Wildman–Crippen LogP) is 1.87. The molecule has 0 unspecified atom stereocenters. The molecule has 138 valence electrons. The first-order chi connectivity index (χ1) is 13.3. The van der Waals surface area contributed by atoms with Crippen LogP contribution in [0.15, 0.2) is 48.7 Å². The highest BCUT2D eigenvalue weighted by Crippen LogP contribution is 2.22. The van der Waals surface area contributed by atoms with Crippen molar-refractivity contribution in [3.05, 3.63) is 60.0 Å². The van der Waals surface area contributed by atoms with Crippen LogP contribution < -0.4 is 10.1 Å². The van der Waals surface area contributed by atoms with Crippen molar-refractivity contribution in [2.75, 3.05) is 11.5 Å². The molecule has 1 N–H and O–H groups in total. The number of para-hydroxylation sites is 1. The number of nitrogens with zero attached hydrogens (tertiary/aromatic N) is 5. The van der Waals surface area contributed by atoms with Crippen molar-refractivity contribution < 1.29 is 9.53 Å². The number of amides is 1. The van der Waals surface area contributed by atoms with E-state index in [1.165, 1.54) is 0 Å². The summed E-state index contributed by atoms with van der Waals surface area (Å²) in [4.78, 5) is 16.7. The van der Waals surface area contributed by atoms with E-state index in [1.807, 2.05) is 42.1 Å². The average molecular weight is 382 g/mol. The van der Waals surface area contributed by atoms with Gasteiger partial charge in [-0.2, -0.15) is 16.4 Å². The molecule has 1 amide bonds. The van der Waals surface area contributed by atoms with Crippen molar-refractivity contribution in [2.24, 2.45) is 0 Å². The Kier molecular flexibility index (Phi) is 5.29. The fraction of sp³-hybridized carbons (Fsp3) is 0.278. The maximum Gasteiger partial charge on any atom is 0.251 e. The summed E-state index contributed by atoms with van der Waals surface area (Å²) in [6, 6.07) is 12.8. The molecule has 27 heavy (non-hydrogen) atoms. The van der Waals surface area contributed by atoms with Crippen LogP contribution in [-0.2, 0) is 6.54 Å². The largest absolute Gasteiger partial charge is 0.473 e. The van der Waals surface area contributed by atoms with Crippen LogP contribution in [0.3, 0.4) is 0 Å². The number of benzene rings is 1. The fourth-order valence-electron chi connectivity index (χ4n) is 2.74. The van der Waals surface area contributed by atoms with Gasteiger partial charge in [0.25, 0.3) is 5.91 Å². The minimum absolute atomic E-state index is 0.163. The van der Waals surface area contributed by atoms with Gasteiger partial charge < -0.3 is 10.1 Å². The van der Waals surface area contributed by atoms with Crippen molar-refractivity contribution in [3.63, 3.8) is 0 Å². The van der Waals surface area contributed by atoms with E-state index in [4.69, 9.17) is 4.74 Å². The summed E-state index contributed by atoms with van der Waals surface area (Å²) in [5, 5.41) is 14.5. The summed E-state index contributed by atoms with van der Waals surface area (Å²) in [7, 11) is 0. The smallest absolute Gasteiger partial charge is 0.251 e. The second-order valence-electron chi connectivity index (χ2n) is 6.01. The molecule has 1 aliphatic rings. The molecule has 0 spiro atoms. The van der Waals surface area contributed by atoms with Gasteiger partial charge in [-0.1, -0.05) is 18.2 Å². The molecule has 1 fully saturated rings. The summed E-state index contributed by atoms with van der Waals surface area (Å²) < 4.78 is 7.44. The Labute approximate surface area is 160 Å². The lowest BCUT2D eigenvalue weighted by Gasteiger charge is -2.12.